The van der Waals surface area contributed by atoms with E-state index < -0.39 is 5.95 Å². The molecule has 0 aromatic carbocycles. The van der Waals surface area contributed by atoms with E-state index in [-0.39, 0.29) is 6.10 Å². The van der Waals surface area contributed by atoms with E-state index >= 15 is 0 Å². The molecule has 0 atom stereocenters. The van der Waals surface area contributed by atoms with Crippen LogP contribution in [0.5, 0.6) is 6.01 Å². The molecule has 0 radical (unpaired) electrons. The van der Waals surface area contributed by atoms with Crippen molar-refractivity contribution in [3.63, 3.8) is 0 Å². The van der Waals surface area contributed by atoms with Gasteiger partial charge in [0, 0.05) is 11.8 Å². The third-order valence-electron chi connectivity index (χ3n) is 3.74. The minimum atomic E-state index is -0.545. The van der Waals surface area contributed by atoms with Crippen LogP contribution in [0.3, 0.4) is 0 Å². The van der Waals surface area contributed by atoms with Crippen LogP contribution in [-0.4, -0.2) is 26.0 Å². The average molecular weight is 319 g/mol. The predicted molar refractivity (Wildman–Crippen MR) is 80.4 cm³/mol. The fraction of sp³-hybridized carbons (Fsp3) is 0.267. The molecule has 1 N–H and O–H groups in total. The van der Waals surface area contributed by atoms with Gasteiger partial charge in [0.25, 0.3) is 6.01 Å². The Hall–Kier alpha value is -2.21. The molecule has 1 aliphatic carbocycles. The summed E-state index contributed by atoms with van der Waals surface area (Å²) in [6.07, 6.45) is 4.93. The maximum atomic E-state index is 12.9. The molecule has 0 spiro atoms. The molecule has 5 nitrogen and oxygen atoms in total. The van der Waals surface area contributed by atoms with Crippen LogP contribution in [0, 0.1) is 5.95 Å². The predicted octanol–water partition coefficient (Wildman–Crippen LogP) is 3.74. The van der Waals surface area contributed by atoms with Crippen molar-refractivity contribution in [1.82, 2.24) is 19.9 Å². The highest BCUT2D eigenvalue weighted by Crippen LogP contribution is 2.30. The molecule has 22 heavy (non-hydrogen) atoms. The summed E-state index contributed by atoms with van der Waals surface area (Å²) < 4.78 is 18.6. The minimum Gasteiger partial charge on any atom is -0.461 e. The number of H-pyrrole nitrogens is 1. The van der Waals surface area contributed by atoms with Gasteiger partial charge in [-0.2, -0.15) is 9.37 Å². The van der Waals surface area contributed by atoms with Crippen LogP contribution in [0.15, 0.2) is 24.4 Å². The molecule has 7 heteroatoms. The van der Waals surface area contributed by atoms with Crippen molar-refractivity contribution in [2.75, 3.05) is 0 Å². The number of rotatable bonds is 3. The van der Waals surface area contributed by atoms with Gasteiger partial charge in [-0.15, -0.1) is 0 Å². The van der Waals surface area contributed by atoms with Gasteiger partial charge in [-0.25, -0.2) is 9.97 Å². The zero-order chi connectivity index (χ0) is 15.1. The molecule has 0 saturated heterocycles. The number of hydrogen-bond donors (Lipinski definition) is 1. The number of ether oxygens (including phenoxy) is 1. The molecule has 3 aromatic heterocycles. The van der Waals surface area contributed by atoms with Crippen molar-refractivity contribution >= 4 is 22.8 Å². The number of imidazole rings is 1. The summed E-state index contributed by atoms with van der Waals surface area (Å²) in [5, 5.41) is 0.444. The van der Waals surface area contributed by atoms with Gasteiger partial charge in [-0.05, 0) is 37.5 Å². The van der Waals surface area contributed by atoms with E-state index in [4.69, 9.17) is 16.3 Å². The SMILES string of the molecule is Fc1ccc(-c2nc3nc(OC4CCC4)[nH]c3cc2Cl)cn1. The van der Waals surface area contributed by atoms with Crippen LogP contribution in [0.2, 0.25) is 5.02 Å². The molecule has 3 aromatic rings. The van der Waals surface area contributed by atoms with Gasteiger partial charge >= 0.3 is 0 Å². The molecule has 3 heterocycles. The Kier molecular flexibility index (Phi) is 3.18. The second-order valence-corrected chi connectivity index (χ2v) is 5.68. The second-order valence-electron chi connectivity index (χ2n) is 5.27. The zero-order valence-electron chi connectivity index (χ0n) is 11.5. The third kappa shape index (κ3) is 2.39. The van der Waals surface area contributed by atoms with E-state index in [9.17, 15) is 4.39 Å². The number of fused-ring (bicyclic) bond motifs is 1. The zero-order valence-corrected chi connectivity index (χ0v) is 12.3. The van der Waals surface area contributed by atoms with Crippen molar-refractivity contribution in [2.24, 2.45) is 0 Å². The van der Waals surface area contributed by atoms with Gasteiger partial charge in [-0.3, -0.25) is 0 Å². The molecule has 0 amide bonds. The van der Waals surface area contributed by atoms with Crippen LogP contribution in [-0.2, 0) is 0 Å². The van der Waals surface area contributed by atoms with Gasteiger partial charge in [0.1, 0.15) is 6.10 Å². The summed E-state index contributed by atoms with van der Waals surface area (Å²) >= 11 is 6.26. The monoisotopic (exact) mass is 318 g/mol. The molecule has 0 unspecified atom stereocenters. The Morgan fingerprint density at radius 3 is 2.82 bits per heavy atom. The minimum absolute atomic E-state index is 0.233. The lowest BCUT2D eigenvalue weighted by molar-refractivity contribution is 0.110. The number of halogens is 2. The second kappa shape index (κ2) is 5.21. The van der Waals surface area contributed by atoms with Gasteiger partial charge in [-0.1, -0.05) is 11.6 Å². The molecule has 0 aliphatic heterocycles. The maximum Gasteiger partial charge on any atom is 0.296 e. The van der Waals surface area contributed by atoms with Crippen molar-refractivity contribution in [1.29, 1.82) is 0 Å². The van der Waals surface area contributed by atoms with Crippen LogP contribution >= 0.6 is 11.6 Å². The normalized spacial score (nSPS) is 15.0. The highest BCUT2D eigenvalue weighted by molar-refractivity contribution is 6.33. The highest BCUT2D eigenvalue weighted by Gasteiger charge is 2.21. The van der Waals surface area contributed by atoms with Crippen molar-refractivity contribution < 1.29 is 9.13 Å². The summed E-state index contributed by atoms with van der Waals surface area (Å²) in [7, 11) is 0. The Labute approximate surface area is 130 Å². The Balaban J connectivity index is 1.72. The topological polar surface area (TPSA) is 63.7 Å². The summed E-state index contributed by atoms with van der Waals surface area (Å²) in [6.45, 7) is 0. The molecule has 4 rings (SSSR count). The van der Waals surface area contributed by atoms with Crippen molar-refractivity contribution in [2.45, 2.75) is 25.4 Å². The number of pyridine rings is 2. The number of hydrogen-bond acceptors (Lipinski definition) is 4. The standard InChI is InChI=1S/C15H12ClFN4O/c16-10-6-11-14(21-15(19-11)22-9-2-1-3-9)20-13(10)8-4-5-12(17)18-7-8/h4-7,9H,1-3H2,(H,19,20,21). The van der Waals surface area contributed by atoms with E-state index in [0.29, 0.717) is 33.5 Å². The van der Waals surface area contributed by atoms with Gasteiger partial charge in [0.2, 0.25) is 5.95 Å². The molecule has 0 bridgehead atoms. The molecular weight excluding hydrogens is 307 g/mol. The molecule has 1 aliphatic rings. The fourth-order valence-electron chi connectivity index (χ4n) is 2.32. The van der Waals surface area contributed by atoms with Crippen LogP contribution in [0.1, 0.15) is 19.3 Å². The first kappa shape index (κ1) is 13.5. The lowest BCUT2D eigenvalue weighted by atomic mass is 9.96. The number of aromatic nitrogens is 4. The first-order chi connectivity index (χ1) is 10.7. The van der Waals surface area contributed by atoms with Crippen LogP contribution in [0.25, 0.3) is 22.4 Å². The highest BCUT2D eigenvalue weighted by atomic mass is 35.5. The first-order valence-corrected chi connectivity index (χ1v) is 7.42. The number of nitrogens with one attached hydrogen (secondary N) is 1. The average Bonchev–Trinajstić information content (AvgIpc) is 2.84. The lowest BCUT2D eigenvalue weighted by Gasteiger charge is -2.24. The third-order valence-corrected chi connectivity index (χ3v) is 4.02. The number of nitrogens with zero attached hydrogens (tertiary/aromatic N) is 3. The summed E-state index contributed by atoms with van der Waals surface area (Å²) in [4.78, 5) is 15.5. The van der Waals surface area contributed by atoms with E-state index in [1.54, 1.807) is 12.1 Å². The van der Waals surface area contributed by atoms with E-state index in [0.717, 1.165) is 12.8 Å². The molecule has 1 fully saturated rings. The number of aromatic amines is 1. The summed E-state index contributed by atoms with van der Waals surface area (Å²) in [6, 6.07) is 5.05. The van der Waals surface area contributed by atoms with E-state index in [2.05, 4.69) is 19.9 Å². The Morgan fingerprint density at radius 2 is 2.14 bits per heavy atom. The van der Waals surface area contributed by atoms with Crippen molar-refractivity contribution in [3.8, 4) is 17.3 Å². The van der Waals surface area contributed by atoms with Gasteiger partial charge in [0.05, 0.1) is 16.2 Å². The molecule has 112 valence electrons. The van der Waals surface area contributed by atoms with Crippen molar-refractivity contribution in [3.05, 3.63) is 35.4 Å². The van der Waals surface area contributed by atoms with E-state index in [1.807, 2.05) is 0 Å². The fourth-order valence-corrected chi connectivity index (χ4v) is 2.58. The van der Waals surface area contributed by atoms with Gasteiger partial charge in [0.15, 0.2) is 5.65 Å². The van der Waals surface area contributed by atoms with E-state index in [1.165, 1.54) is 18.7 Å². The van der Waals surface area contributed by atoms with Crippen LogP contribution in [0.4, 0.5) is 4.39 Å². The largest absolute Gasteiger partial charge is 0.461 e. The summed E-state index contributed by atoms with van der Waals surface area (Å²) in [5.74, 6) is -0.545. The Morgan fingerprint density at radius 1 is 1.27 bits per heavy atom. The first-order valence-electron chi connectivity index (χ1n) is 7.04. The smallest absolute Gasteiger partial charge is 0.296 e. The Bertz CT molecular complexity index is 829. The molecule has 1 saturated carbocycles. The maximum absolute atomic E-state index is 12.9. The quantitative estimate of drug-likeness (QED) is 0.747. The van der Waals surface area contributed by atoms with Gasteiger partial charge < -0.3 is 9.72 Å². The van der Waals surface area contributed by atoms with Crippen LogP contribution < -0.4 is 4.74 Å². The molecular formula is C15H12ClFN4O. The summed E-state index contributed by atoms with van der Waals surface area (Å²) in [5.41, 5.74) is 2.37. The lowest BCUT2D eigenvalue weighted by Crippen LogP contribution is -2.24.